The van der Waals surface area contributed by atoms with E-state index in [1.54, 1.807) is 13.1 Å². The van der Waals surface area contributed by atoms with Gasteiger partial charge in [0.05, 0.1) is 5.92 Å². The average Bonchev–Trinajstić information content (AvgIpc) is 2.83. The van der Waals surface area contributed by atoms with Crippen LogP contribution in [0, 0.1) is 11.8 Å². The fraction of sp³-hybridized carbons (Fsp3) is 0.632. The smallest absolute Gasteiger partial charge is 0.227 e. The van der Waals surface area contributed by atoms with E-state index in [0.29, 0.717) is 17.5 Å². The van der Waals surface area contributed by atoms with E-state index in [9.17, 15) is 9.59 Å². The summed E-state index contributed by atoms with van der Waals surface area (Å²) < 4.78 is 0. The van der Waals surface area contributed by atoms with Gasteiger partial charge in [-0.1, -0.05) is 6.42 Å². The van der Waals surface area contributed by atoms with Gasteiger partial charge in [-0.05, 0) is 50.7 Å². The van der Waals surface area contributed by atoms with E-state index in [4.69, 9.17) is 0 Å². The number of aromatic nitrogens is 1. The highest BCUT2D eigenvalue weighted by atomic mass is 16.2. The topological polar surface area (TPSA) is 53.5 Å². The lowest BCUT2D eigenvalue weighted by atomic mass is 9.83. The zero-order valence-corrected chi connectivity index (χ0v) is 14.3. The van der Waals surface area contributed by atoms with Gasteiger partial charge in [0.25, 0.3) is 0 Å². The Morgan fingerprint density at radius 3 is 2.67 bits per heavy atom. The predicted octanol–water partition coefficient (Wildman–Crippen LogP) is 2.51. The number of carbonyl (C=O) groups is 2. The molecule has 0 radical (unpaired) electrons. The van der Waals surface area contributed by atoms with Crippen LogP contribution in [0.1, 0.15) is 49.4 Å². The molecule has 1 amide bonds. The van der Waals surface area contributed by atoms with Crippen molar-refractivity contribution in [3.8, 4) is 0 Å². The third-order valence-corrected chi connectivity index (χ3v) is 5.95. The third-order valence-electron chi connectivity index (χ3n) is 5.95. The molecule has 1 aromatic rings. The van der Waals surface area contributed by atoms with Crippen molar-refractivity contribution < 1.29 is 9.59 Å². The predicted molar refractivity (Wildman–Crippen MR) is 92.0 cm³/mol. The Labute approximate surface area is 143 Å². The van der Waals surface area contributed by atoms with Crippen molar-refractivity contribution in [3.05, 3.63) is 23.9 Å². The number of hydrogen-bond donors (Lipinski definition) is 0. The summed E-state index contributed by atoms with van der Waals surface area (Å²) in [5.41, 5.74) is 0.638. The summed E-state index contributed by atoms with van der Waals surface area (Å²) in [6.45, 7) is 4.12. The molecule has 3 saturated heterocycles. The Kier molecular flexibility index (Phi) is 4.02. The normalized spacial score (nSPS) is 27.1. The Hall–Kier alpha value is -1.91. The van der Waals surface area contributed by atoms with Crippen molar-refractivity contribution in [1.82, 2.24) is 9.88 Å². The van der Waals surface area contributed by atoms with Crippen molar-refractivity contribution in [2.45, 2.75) is 45.1 Å². The van der Waals surface area contributed by atoms with E-state index in [1.807, 2.05) is 12.1 Å². The number of carbonyl (C=O) groups excluding carboxylic acids is 2. The highest BCUT2D eigenvalue weighted by molar-refractivity contribution is 5.93. The molecular weight excluding hydrogens is 302 g/mol. The average molecular weight is 327 g/mol. The summed E-state index contributed by atoms with van der Waals surface area (Å²) in [6, 6.07) is 4.07. The van der Waals surface area contributed by atoms with E-state index in [1.165, 1.54) is 19.3 Å². The SMILES string of the molecule is CC(=O)c1ccc(N2CC3CCC(C2)N(CC2CCC2)C3=O)nc1. The lowest BCUT2D eigenvalue weighted by molar-refractivity contribution is -0.141. The lowest BCUT2D eigenvalue weighted by Gasteiger charge is -2.40. The van der Waals surface area contributed by atoms with Crippen molar-refractivity contribution in [2.24, 2.45) is 11.8 Å². The maximum absolute atomic E-state index is 12.8. The first-order valence-electron chi connectivity index (χ1n) is 9.14. The van der Waals surface area contributed by atoms with Crippen molar-refractivity contribution in [2.75, 3.05) is 24.5 Å². The molecule has 3 aliphatic heterocycles. The maximum atomic E-state index is 12.8. The molecule has 1 saturated carbocycles. The minimum Gasteiger partial charge on any atom is -0.354 e. The van der Waals surface area contributed by atoms with Gasteiger partial charge in [0.2, 0.25) is 5.91 Å². The molecule has 4 heterocycles. The molecule has 0 N–H and O–H groups in total. The van der Waals surface area contributed by atoms with Gasteiger partial charge in [0.1, 0.15) is 5.82 Å². The van der Waals surface area contributed by atoms with Crippen LogP contribution in [0.5, 0.6) is 0 Å². The quantitative estimate of drug-likeness (QED) is 0.798. The first-order valence-corrected chi connectivity index (χ1v) is 9.14. The highest BCUT2D eigenvalue weighted by Gasteiger charge is 2.42. The van der Waals surface area contributed by atoms with Gasteiger partial charge in [-0.15, -0.1) is 0 Å². The van der Waals surface area contributed by atoms with E-state index < -0.39 is 0 Å². The number of hydrogen-bond acceptors (Lipinski definition) is 4. The monoisotopic (exact) mass is 327 g/mol. The van der Waals surface area contributed by atoms with E-state index in [2.05, 4.69) is 14.8 Å². The summed E-state index contributed by atoms with van der Waals surface area (Å²) in [4.78, 5) is 33.1. The Morgan fingerprint density at radius 2 is 2.04 bits per heavy atom. The second-order valence-electron chi connectivity index (χ2n) is 7.58. The van der Waals surface area contributed by atoms with Crippen LogP contribution < -0.4 is 4.90 Å². The van der Waals surface area contributed by atoms with Crippen LogP contribution in [-0.2, 0) is 4.79 Å². The maximum Gasteiger partial charge on any atom is 0.227 e. The van der Waals surface area contributed by atoms with E-state index >= 15 is 0 Å². The van der Waals surface area contributed by atoms with Gasteiger partial charge >= 0.3 is 0 Å². The van der Waals surface area contributed by atoms with Gasteiger partial charge in [0.15, 0.2) is 5.78 Å². The molecule has 4 aliphatic rings. The molecule has 5 nitrogen and oxygen atoms in total. The molecule has 128 valence electrons. The number of ketones is 1. The summed E-state index contributed by atoms with van der Waals surface area (Å²) in [5, 5.41) is 0. The number of pyridine rings is 1. The molecule has 5 heteroatoms. The molecule has 0 spiro atoms. The minimum absolute atomic E-state index is 0.0341. The molecule has 1 aromatic heterocycles. The second-order valence-corrected chi connectivity index (χ2v) is 7.58. The number of fused-ring (bicyclic) bond motifs is 4. The first-order chi connectivity index (χ1) is 11.6. The fourth-order valence-electron chi connectivity index (χ4n) is 4.20. The van der Waals surface area contributed by atoms with E-state index in [0.717, 1.165) is 44.2 Å². The lowest BCUT2D eigenvalue weighted by Crippen LogP contribution is -2.50. The molecule has 2 unspecified atom stereocenters. The Bertz CT molecular complexity index is 639. The van der Waals surface area contributed by atoms with Gasteiger partial charge in [-0.3, -0.25) is 9.59 Å². The number of Topliss-reactive ketones (excluding diaryl/α,β-unsaturated/α-hetero) is 1. The van der Waals surface area contributed by atoms with Crippen LogP contribution >= 0.6 is 0 Å². The minimum atomic E-state index is 0.0341. The summed E-state index contributed by atoms with van der Waals surface area (Å²) in [6.07, 6.45) is 7.62. The van der Waals surface area contributed by atoms with Crippen LogP contribution in [0.4, 0.5) is 5.82 Å². The highest BCUT2D eigenvalue weighted by Crippen LogP contribution is 2.34. The number of nitrogens with zero attached hydrogens (tertiary/aromatic N) is 3. The Morgan fingerprint density at radius 1 is 1.21 bits per heavy atom. The number of piperidine rings is 1. The van der Waals surface area contributed by atoms with Gasteiger partial charge in [-0.25, -0.2) is 4.98 Å². The standard InChI is InChI=1S/C19H25N3O2/c1-13(23)15-6-8-18(20-9-15)21-11-16-5-7-17(12-21)22(19(16)24)10-14-3-2-4-14/h6,8-9,14,16-17H,2-5,7,10-12H2,1H3. The van der Waals surface area contributed by atoms with Gasteiger partial charge in [0, 0.05) is 37.4 Å². The second kappa shape index (κ2) is 6.19. The Balaban J connectivity index is 1.52. The van der Waals surface area contributed by atoms with E-state index in [-0.39, 0.29) is 11.7 Å². The van der Waals surface area contributed by atoms with Crippen molar-refractivity contribution in [1.29, 1.82) is 0 Å². The number of amides is 1. The first kappa shape index (κ1) is 15.6. The van der Waals surface area contributed by atoms with Gasteiger partial charge in [-0.2, -0.15) is 0 Å². The summed E-state index contributed by atoms with van der Waals surface area (Å²) in [5.74, 6) is 2.08. The molecule has 2 bridgehead atoms. The van der Waals surface area contributed by atoms with Crippen LogP contribution in [0.2, 0.25) is 0 Å². The van der Waals surface area contributed by atoms with Crippen molar-refractivity contribution >= 4 is 17.5 Å². The third kappa shape index (κ3) is 2.80. The molecule has 0 aromatic carbocycles. The van der Waals surface area contributed by atoms with Crippen LogP contribution in [0.3, 0.4) is 0 Å². The zero-order valence-electron chi connectivity index (χ0n) is 14.3. The van der Waals surface area contributed by atoms with Crippen molar-refractivity contribution in [3.63, 3.8) is 0 Å². The molecular formula is C19H25N3O2. The number of anilines is 1. The molecule has 24 heavy (non-hydrogen) atoms. The summed E-state index contributed by atoms with van der Waals surface area (Å²) >= 11 is 0. The van der Waals surface area contributed by atoms with Crippen LogP contribution in [-0.4, -0.2) is 47.3 Å². The molecule has 5 rings (SSSR count). The van der Waals surface area contributed by atoms with Gasteiger partial charge < -0.3 is 9.80 Å². The molecule has 4 fully saturated rings. The molecule has 2 atom stereocenters. The fourth-order valence-corrected chi connectivity index (χ4v) is 4.20. The van der Waals surface area contributed by atoms with Crippen LogP contribution in [0.25, 0.3) is 0 Å². The van der Waals surface area contributed by atoms with Crippen LogP contribution in [0.15, 0.2) is 18.3 Å². The number of rotatable bonds is 4. The summed E-state index contributed by atoms with van der Waals surface area (Å²) in [7, 11) is 0. The molecule has 1 aliphatic carbocycles. The zero-order chi connectivity index (χ0) is 16.7. The largest absolute Gasteiger partial charge is 0.354 e.